The van der Waals surface area contributed by atoms with Gasteiger partial charge in [-0.1, -0.05) is 36.4 Å². The van der Waals surface area contributed by atoms with Gasteiger partial charge in [0.1, 0.15) is 5.82 Å². The van der Waals surface area contributed by atoms with Crippen molar-refractivity contribution in [3.05, 3.63) is 54.1 Å². The van der Waals surface area contributed by atoms with E-state index in [1.807, 2.05) is 6.07 Å². The second-order valence-corrected chi connectivity index (χ2v) is 5.78. The van der Waals surface area contributed by atoms with Crippen LogP contribution in [0.15, 0.2) is 48.5 Å². The number of hydrogen-bond donors (Lipinski definition) is 1. The molecule has 0 unspecified atom stereocenters. The molecule has 0 amide bonds. The van der Waals surface area contributed by atoms with Crippen molar-refractivity contribution >= 4 is 11.0 Å². The van der Waals surface area contributed by atoms with Crippen LogP contribution in [0.5, 0.6) is 0 Å². The van der Waals surface area contributed by atoms with Gasteiger partial charge in [-0.25, -0.2) is 4.98 Å². The van der Waals surface area contributed by atoms with Gasteiger partial charge in [-0.2, -0.15) is 0 Å². The molecule has 114 valence electrons. The van der Waals surface area contributed by atoms with E-state index in [4.69, 9.17) is 10.7 Å². The van der Waals surface area contributed by atoms with Gasteiger partial charge in [0.25, 0.3) is 0 Å². The quantitative estimate of drug-likeness (QED) is 0.787. The van der Waals surface area contributed by atoms with Crippen LogP contribution in [-0.4, -0.2) is 35.1 Å². The largest absolute Gasteiger partial charge is 0.326 e. The van der Waals surface area contributed by atoms with E-state index >= 15 is 0 Å². The minimum atomic E-state index is 0.567. The lowest BCUT2D eigenvalue weighted by atomic mass is 10.1. The Labute approximate surface area is 131 Å². The fraction of sp³-hybridized carbons (Fsp3) is 0.278. The molecule has 2 aromatic carbocycles. The van der Waals surface area contributed by atoms with Gasteiger partial charge in [0.05, 0.1) is 11.0 Å². The van der Waals surface area contributed by atoms with E-state index in [0.717, 1.165) is 35.6 Å². The van der Waals surface area contributed by atoms with Crippen LogP contribution in [-0.2, 0) is 13.1 Å². The smallest absolute Gasteiger partial charge is 0.141 e. The Morgan fingerprint density at radius 3 is 2.45 bits per heavy atom. The van der Waals surface area contributed by atoms with E-state index in [2.05, 4.69) is 66.0 Å². The fourth-order valence-corrected chi connectivity index (χ4v) is 2.61. The molecule has 0 radical (unpaired) electrons. The van der Waals surface area contributed by atoms with Crippen molar-refractivity contribution in [2.45, 2.75) is 13.1 Å². The predicted molar refractivity (Wildman–Crippen MR) is 91.6 cm³/mol. The van der Waals surface area contributed by atoms with Crippen molar-refractivity contribution in [3.8, 4) is 11.4 Å². The van der Waals surface area contributed by atoms with Gasteiger partial charge in [-0.15, -0.1) is 0 Å². The number of para-hydroxylation sites is 2. The first-order chi connectivity index (χ1) is 10.7. The van der Waals surface area contributed by atoms with E-state index in [9.17, 15) is 0 Å². The Morgan fingerprint density at radius 2 is 1.77 bits per heavy atom. The first kappa shape index (κ1) is 14.8. The molecule has 0 spiro atoms. The van der Waals surface area contributed by atoms with E-state index in [-0.39, 0.29) is 0 Å². The molecule has 2 N–H and O–H groups in total. The van der Waals surface area contributed by atoms with Crippen LogP contribution in [0.2, 0.25) is 0 Å². The summed E-state index contributed by atoms with van der Waals surface area (Å²) in [7, 11) is 4.18. The van der Waals surface area contributed by atoms with E-state index in [1.54, 1.807) is 0 Å². The molecule has 22 heavy (non-hydrogen) atoms. The minimum Gasteiger partial charge on any atom is -0.326 e. The zero-order valence-corrected chi connectivity index (χ0v) is 13.2. The summed E-state index contributed by atoms with van der Waals surface area (Å²) in [5.41, 5.74) is 10.2. The van der Waals surface area contributed by atoms with Gasteiger partial charge < -0.3 is 15.2 Å². The molecule has 1 aromatic heterocycles. The van der Waals surface area contributed by atoms with Gasteiger partial charge in [0.15, 0.2) is 0 Å². The Morgan fingerprint density at radius 1 is 1.05 bits per heavy atom. The highest BCUT2D eigenvalue weighted by Gasteiger charge is 2.12. The predicted octanol–water partition coefficient (Wildman–Crippen LogP) is 2.72. The number of likely N-dealkylation sites (N-methyl/N-ethyl adjacent to an activating group) is 1. The monoisotopic (exact) mass is 294 g/mol. The van der Waals surface area contributed by atoms with Gasteiger partial charge in [-0.3, -0.25) is 0 Å². The summed E-state index contributed by atoms with van der Waals surface area (Å²) in [6, 6.07) is 16.7. The number of benzene rings is 2. The third kappa shape index (κ3) is 2.89. The van der Waals surface area contributed by atoms with E-state index in [0.29, 0.717) is 6.54 Å². The topological polar surface area (TPSA) is 47.1 Å². The van der Waals surface area contributed by atoms with Crippen molar-refractivity contribution in [3.63, 3.8) is 0 Å². The maximum absolute atomic E-state index is 5.68. The molecule has 4 nitrogen and oxygen atoms in total. The summed E-state index contributed by atoms with van der Waals surface area (Å²) in [5.74, 6) is 1.02. The molecule has 0 atom stereocenters. The highest BCUT2D eigenvalue weighted by Crippen LogP contribution is 2.25. The Bertz CT molecular complexity index is 756. The van der Waals surface area contributed by atoms with E-state index in [1.165, 1.54) is 5.52 Å². The fourth-order valence-electron chi connectivity index (χ4n) is 2.61. The number of hydrogen-bond acceptors (Lipinski definition) is 3. The Kier molecular flexibility index (Phi) is 4.22. The van der Waals surface area contributed by atoms with Crippen LogP contribution in [0.25, 0.3) is 22.4 Å². The number of imidazole rings is 1. The summed E-state index contributed by atoms with van der Waals surface area (Å²) in [5, 5.41) is 0. The van der Waals surface area contributed by atoms with Crippen molar-refractivity contribution in [1.29, 1.82) is 0 Å². The van der Waals surface area contributed by atoms with Crippen molar-refractivity contribution in [1.82, 2.24) is 14.5 Å². The maximum atomic E-state index is 5.68. The highest BCUT2D eigenvalue weighted by atomic mass is 15.1. The van der Waals surface area contributed by atoms with Gasteiger partial charge in [-0.05, 0) is 31.8 Å². The molecule has 3 aromatic rings. The summed E-state index contributed by atoms with van der Waals surface area (Å²) in [6.07, 6.45) is 0. The third-order valence-corrected chi connectivity index (χ3v) is 3.87. The molecule has 0 aliphatic heterocycles. The average molecular weight is 294 g/mol. The summed E-state index contributed by atoms with van der Waals surface area (Å²) >= 11 is 0. The third-order valence-electron chi connectivity index (χ3n) is 3.87. The van der Waals surface area contributed by atoms with E-state index < -0.39 is 0 Å². The molecule has 0 saturated heterocycles. The number of nitrogens with two attached hydrogens (primary N) is 1. The molecule has 1 heterocycles. The molecule has 0 saturated carbocycles. The molecule has 3 rings (SSSR count). The maximum Gasteiger partial charge on any atom is 0.141 e. The number of nitrogens with zero attached hydrogens (tertiary/aromatic N) is 3. The summed E-state index contributed by atoms with van der Waals surface area (Å²) in [6.45, 7) is 2.47. The van der Waals surface area contributed by atoms with Crippen molar-refractivity contribution in [2.24, 2.45) is 5.73 Å². The summed E-state index contributed by atoms with van der Waals surface area (Å²) in [4.78, 5) is 7.02. The first-order valence-electron chi connectivity index (χ1n) is 7.58. The first-order valence-corrected chi connectivity index (χ1v) is 7.58. The molecular formula is C18H22N4. The lowest BCUT2D eigenvalue weighted by Gasteiger charge is -2.13. The molecule has 0 aliphatic rings. The molecule has 0 bridgehead atoms. The van der Waals surface area contributed by atoms with Crippen LogP contribution in [0.3, 0.4) is 0 Å². The Balaban J connectivity index is 2.08. The van der Waals surface area contributed by atoms with Crippen molar-refractivity contribution in [2.75, 3.05) is 20.6 Å². The lowest BCUT2D eigenvalue weighted by molar-refractivity contribution is 0.387. The van der Waals surface area contributed by atoms with Crippen molar-refractivity contribution < 1.29 is 0 Å². The van der Waals surface area contributed by atoms with Crippen LogP contribution < -0.4 is 5.73 Å². The van der Waals surface area contributed by atoms with Crippen LogP contribution in [0, 0.1) is 0 Å². The number of rotatable bonds is 5. The standard InChI is InChI=1S/C18H22N4/c1-21(2)11-12-22-17-6-4-3-5-16(17)20-18(22)15-9-7-14(13-19)8-10-15/h3-10H,11-13,19H2,1-2H3. The second kappa shape index (κ2) is 6.30. The van der Waals surface area contributed by atoms with Crippen LogP contribution in [0.4, 0.5) is 0 Å². The van der Waals surface area contributed by atoms with Gasteiger partial charge in [0.2, 0.25) is 0 Å². The molecular weight excluding hydrogens is 272 g/mol. The zero-order valence-electron chi connectivity index (χ0n) is 13.2. The van der Waals surface area contributed by atoms with Gasteiger partial charge >= 0.3 is 0 Å². The normalized spacial score (nSPS) is 11.5. The summed E-state index contributed by atoms with van der Waals surface area (Å²) < 4.78 is 2.30. The second-order valence-electron chi connectivity index (χ2n) is 5.78. The molecule has 0 fully saturated rings. The number of fused-ring (bicyclic) bond motifs is 1. The molecule has 0 aliphatic carbocycles. The molecule has 4 heteroatoms. The van der Waals surface area contributed by atoms with Gasteiger partial charge in [0, 0.05) is 25.2 Å². The average Bonchev–Trinajstić information content (AvgIpc) is 2.91. The zero-order chi connectivity index (χ0) is 15.5. The highest BCUT2D eigenvalue weighted by molar-refractivity contribution is 5.80. The minimum absolute atomic E-state index is 0.567. The van der Waals surface area contributed by atoms with Crippen LogP contribution in [0.1, 0.15) is 5.56 Å². The lowest BCUT2D eigenvalue weighted by Crippen LogP contribution is -2.18. The van der Waals surface area contributed by atoms with Crippen LogP contribution >= 0.6 is 0 Å². The SMILES string of the molecule is CN(C)CCn1c(-c2ccc(CN)cc2)nc2ccccc21. The Hall–Kier alpha value is -2.17. The number of aromatic nitrogens is 2.